The van der Waals surface area contributed by atoms with Crippen LogP contribution in [-0.2, 0) is 4.74 Å². The molecule has 1 atom stereocenters. The van der Waals surface area contributed by atoms with Crippen LogP contribution in [0.5, 0.6) is 0 Å². The van der Waals surface area contributed by atoms with Crippen LogP contribution in [0.4, 0.5) is 21.9 Å². The summed E-state index contributed by atoms with van der Waals surface area (Å²) in [5.74, 6) is -0.214. The molecule has 3 rings (SSSR count). The number of likely N-dealkylation sites (N-methyl/N-ethyl adjacent to an activating group) is 1. The van der Waals surface area contributed by atoms with E-state index in [4.69, 9.17) is 10.5 Å². The van der Waals surface area contributed by atoms with Crippen LogP contribution in [0.15, 0.2) is 48.5 Å². The van der Waals surface area contributed by atoms with E-state index in [0.29, 0.717) is 30.1 Å². The molecular formula is C23H31N5O3. The Hall–Kier alpha value is -3.26. The number of amides is 2. The highest BCUT2D eigenvalue weighted by Crippen LogP contribution is 2.29. The van der Waals surface area contributed by atoms with Crippen LogP contribution in [0.3, 0.4) is 0 Å². The largest absolute Gasteiger partial charge is 0.450 e. The number of carbonyl (C=O) groups is 2. The van der Waals surface area contributed by atoms with E-state index in [-0.39, 0.29) is 5.91 Å². The second-order valence-electron chi connectivity index (χ2n) is 7.95. The topological polar surface area (TPSA) is 99.9 Å². The fraction of sp³-hybridized carbons (Fsp3) is 0.391. The van der Waals surface area contributed by atoms with Crippen molar-refractivity contribution in [3.05, 3.63) is 54.1 Å². The predicted molar refractivity (Wildman–Crippen MR) is 123 cm³/mol. The molecule has 4 N–H and O–H groups in total. The summed E-state index contributed by atoms with van der Waals surface area (Å²) in [6.45, 7) is 3.76. The third-order valence-corrected chi connectivity index (χ3v) is 5.58. The molecule has 2 aromatic rings. The van der Waals surface area contributed by atoms with Gasteiger partial charge in [-0.25, -0.2) is 4.79 Å². The average molecular weight is 426 g/mol. The summed E-state index contributed by atoms with van der Waals surface area (Å²) in [5.41, 5.74) is 8.04. The van der Waals surface area contributed by atoms with Gasteiger partial charge in [0.2, 0.25) is 0 Å². The Morgan fingerprint density at radius 1 is 1.16 bits per heavy atom. The Morgan fingerprint density at radius 2 is 1.87 bits per heavy atom. The number of benzene rings is 2. The number of alkyl carbamates (subject to hydrolysis) is 1. The van der Waals surface area contributed by atoms with Gasteiger partial charge in [-0.05, 0) is 56.9 Å². The maximum atomic E-state index is 12.6. The van der Waals surface area contributed by atoms with Crippen LogP contribution >= 0.6 is 0 Å². The number of carbonyl (C=O) groups excluding carboxylic acids is 2. The molecule has 1 fully saturated rings. The van der Waals surface area contributed by atoms with Crippen molar-refractivity contribution in [1.82, 2.24) is 10.2 Å². The highest BCUT2D eigenvalue weighted by molar-refractivity contribution is 6.05. The van der Waals surface area contributed by atoms with Gasteiger partial charge in [-0.2, -0.15) is 0 Å². The van der Waals surface area contributed by atoms with Crippen LogP contribution in [0, 0.1) is 0 Å². The molecular weight excluding hydrogens is 394 g/mol. The number of hydrogen-bond donors (Lipinski definition) is 3. The third-order valence-electron chi connectivity index (χ3n) is 5.58. The number of anilines is 3. The minimum absolute atomic E-state index is 0.214. The molecule has 8 nitrogen and oxygen atoms in total. The van der Waals surface area contributed by atoms with Crippen molar-refractivity contribution in [2.45, 2.75) is 25.4 Å². The van der Waals surface area contributed by atoms with Crippen LogP contribution in [0.25, 0.3) is 0 Å². The second-order valence-corrected chi connectivity index (χ2v) is 7.95. The number of nitrogens with one attached hydrogen (secondary N) is 2. The van der Waals surface area contributed by atoms with Gasteiger partial charge in [-0.15, -0.1) is 0 Å². The van der Waals surface area contributed by atoms with Gasteiger partial charge in [-0.1, -0.05) is 19.1 Å². The molecule has 1 saturated heterocycles. The molecule has 0 bridgehead atoms. The van der Waals surface area contributed by atoms with Crippen LogP contribution in [0.1, 0.15) is 30.1 Å². The molecule has 8 heteroatoms. The number of nitrogens with two attached hydrogens (primary N) is 1. The second kappa shape index (κ2) is 9.70. The first-order valence-corrected chi connectivity index (χ1v) is 10.5. The van der Waals surface area contributed by atoms with Crippen molar-refractivity contribution in [2.24, 2.45) is 0 Å². The first kappa shape index (κ1) is 22.4. The minimum atomic E-state index is -0.508. The lowest BCUT2D eigenvalue weighted by atomic mass is 10.1. The molecule has 2 aromatic carbocycles. The number of ether oxygens (including phenoxy) is 1. The number of nitrogens with zero attached hydrogens (tertiary/aromatic N) is 2. The fourth-order valence-corrected chi connectivity index (χ4v) is 3.64. The van der Waals surface area contributed by atoms with Crippen molar-refractivity contribution in [3.63, 3.8) is 0 Å². The zero-order valence-electron chi connectivity index (χ0n) is 18.4. The van der Waals surface area contributed by atoms with E-state index in [9.17, 15) is 9.59 Å². The molecule has 0 unspecified atom stereocenters. The van der Waals surface area contributed by atoms with Gasteiger partial charge in [0.15, 0.2) is 0 Å². The lowest BCUT2D eigenvalue weighted by Crippen LogP contribution is -2.59. The molecule has 0 spiro atoms. The smallest absolute Gasteiger partial charge is 0.408 e. The summed E-state index contributed by atoms with van der Waals surface area (Å²) in [6, 6.07) is 14.6. The van der Waals surface area contributed by atoms with Crippen molar-refractivity contribution >= 4 is 29.1 Å². The summed E-state index contributed by atoms with van der Waals surface area (Å²) in [4.78, 5) is 28.9. The maximum Gasteiger partial charge on any atom is 0.408 e. The Morgan fingerprint density at radius 3 is 2.52 bits per heavy atom. The van der Waals surface area contributed by atoms with E-state index in [0.717, 1.165) is 25.1 Å². The lowest BCUT2D eigenvalue weighted by Gasteiger charge is -2.36. The molecule has 166 valence electrons. The monoisotopic (exact) mass is 425 g/mol. The average Bonchev–Trinajstić information content (AvgIpc) is 3.19. The summed E-state index contributed by atoms with van der Waals surface area (Å²) in [6.07, 6.45) is 1.15. The van der Waals surface area contributed by atoms with Crippen molar-refractivity contribution < 1.29 is 14.3 Å². The van der Waals surface area contributed by atoms with E-state index < -0.39 is 11.8 Å². The van der Waals surface area contributed by atoms with E-state index in [1.807, 2.05) is 50.2 Å². The van der Waals surface area contributed by atoms with Crippen molar-refractivity contribution in [1.29, 1.82) is 0 Å². The van der Waals surface area contributed by atoms with Gasteiger partial charge < -0.3 is 26.0 Å². The Bertz CT molecular complexity index is 916. The summed E-state index contributed by atoms with van der Waals surface area (Å²) >= 11 is 0. The Kier molecular flexibility index (Phi) is 7.02. The normalized spacial score (nSPS) is 18.1. The zero-order valence-corrected chi connectivity index (χ0v) is 18.4. The molecule has 1 aliphatic rings. The number of nitrogen functional groups attached to an aromatic ring is 1. The highest BCUT2D eigenvalue weighted by atomic mass is 16.5. The minimum Gasteiger partial charge on any atom is -0.450 e. The first-order chi connectivity index (χ1) is 14.8. The van der Waals surface area contributed by atoms with Gasteiger partial charge >= 0.3 is 6.09 Å². The highest BCUT2D eigenvalue weighted by Gasteiger charge is 2.42. The van der Waals surface area contributed by atoms with Gasteiger partial charge in [0.1, 0.15) is 5.66 Å². The van der Waals surface area contributed by atoms with Gasteiger partial charge in [0, 0.05) is 24.2 Å². The quantitative estimate of drug-likeness (QED) is 0.466. The summed E-state index contributed by atoms with van der Waals surface area (Å²) < 4.78 is 5.22. The number of para-hydroxylation sites is 2. The molecule has 31 heavy (non-hydrogen) atoms. The predicted octanol–water partition coefficient (Wildman–Crippen LogP) is 3.13. The number of rotatable bonds is 7. The van der Waals surface area contributed by atoms with Gasteiger partial charge in [0.25, 0.3) is 5.91 Å². The lowest BCUT2D eigenvalue weighted by molar-refractivity contribution is 0.0929. The molecule has 1 aliphatic heterocycles. The van der Waals surface area contributed by atoms with E-state index in [2.05, 4.69) is 15.5 Å². The Labute approximate surface area is 183 Å². The van der Waals surface area contributed by atoms with E-state index in [1.165, 1.54) is 0 Å². The molecule has 2 amide bonds. The van der Waals surface area contributed by atoms with Crippen LogP contribution in [0.2, 0.25) is 0 Å². The molecule has 0 saturated carbocycles. The van der Waals surface area contributed by atoms with Gasteiger partial charge in [0.05, 0.1) is 24.5 Å². The zero-order chi connectivity index (χ0) is 22.4. The fourth-order valence-electron chi connectivity index (χ4n) is 3.64. The van der Waals surface area contributed by atoms with Gasteiger partial charge in [-0.3, -0.25) is 9.69 Å². The third kappa shape index (κ3) is 5.27. The summed E-state index contributed by atoms with van der Waals surface area (Å²) in [5, 5.41) is 5.87. The van der Waals surface area contributed by atoms with Crippen molar-refractivity contribution in [3.8, 4) is 0 Å². The summed E-state index contributed by atoms with van der Waals surface area (Å²) in [7, 11) is 3.90. The van der Waals surface area contributed by atoms with Crippen LogP contribution < -0.4 is 21.3 Å². The maximum absolute atomic E-state index is 12.6. The van der Waals surface area contributed by atoms with Crippen molar-refractivity contribution in [2.75, 3.05) is 49.7 Å². The SMILES string of the molecule is CCCOC(=O)N[C@]1(N(C)C)CCN(c2ccc(C(=O)Nc3ccccc3N)cc2)C1. The first-order valence-electron chi connectivity index (χ1n) is 10.5. The molecule has 0 aliphatic carbocycles. The van der Waals surface area contributed by atoms with E-state index in [1.54, 1.807) is 24.3 Å². The van der Waals surface area contributed by atoms with Crippen LogP contribution in [-0.4, -0.2) is 56.4 Å². The molecule has 1 heterocycles. The number of hydrogen-bond acceptors (Lipinski definition) is 6. The Balaban J connectivity index is 1.66. The standard InChI is InChI=1S/C23H31N5O3/c1-4-15-31-22(30)26-23(27(2)3)13-14-28(16-23)18-11-9-17(10-12-18)21(29)25-20-8-6-5-7-19(20)24/h5-12H,4,13-16,24H2,1-3H3,(H,25,29)(H,26,30)/t23-/m0/s1. The molecule has 0 radical (unpaired) electrons. The van der Waals surface area contributed by atoms with E-state index >= 15 is 0 Å². The molecule has 0 aromatic heterocycles.